The molecule has 0 aliphatic heterocycles. The molecule has 7 nitrogen and oxygen atoms in total. The summed E-state index contributed by atoms with van der Waals surface area (Å²) in [6, 6.07) is 11.0. The van der Waals surface area contributed by atoms with E-state index in [0.717, 1.165) is 0 Å². The predicted molar refractivity (Wildman–Crippen MR) is 96.7 cm³/mol. The number of rotatable bonds is 4. The molecule has 4 aromatic rings. The fourth-order valence-electron chi connectivity index (χ4n) is 2.60. The van der Waals surface area contributed by atoms with Crippen molar-refractivity contribution in [3.63, 3.8) is 0 Å². The zero-order chi connectivity index (χ0) is 18.3. The first kappa shape index (κ1) is 16.6. The molecule has 0 bridgehead atoms. The molecule has 2 heterocycles. The van der Waals surface area contributed by atoms with Crippen LogP contribution in [0.3, 0.4) is 0 Å². The molecular formula is C17H13ClN4O3S. The molecule has 0 fully saturated rings. The third-order valence-corrected chi connectivity index (χ3v) is 6.10. The lowest BCUT2D eigenvalue weighted by molar-refractivity contribution is 0.413. The summed E-state index contributed by atoms with van der Waals surface area (Å²) in [5.74, 6) is 0.919. The van der Waals surface area contributed by atoms with Crippen molar-refractivity contribution in [2.24, 2.45) is 0 Å². The van der Waals surface area contributed by atoms with Crippen molar-refractivity contribution in [3.05, 3.63) is 59.9 Å². The third-order valence-electron chi connectivity index (χ3n) is 3.89. The van der Waals surface area contributed by atoms with E-state index in [9.17, 15) is 8.42 Å². The monoisotopic (exact) mass is 388 g/mol. The molecular weight excluding hydrogens is 376 g/mol. The highest BCUT2D eigenvalue weighted by atomic mass is 35.5. The molecule has 0 spiro atoms. The number of nitrogens with one attached hydrogen (secondary N) is 1. The number of methoxy groups -OCH3 is 1. The Morgan fingerprint density at radius 3 is 2.77 bits per heavy atom. The Morgan fingerprint density at radius 1 is 1.19 bits per heavy atom. The van der Waals surface area contributed by atoms with Gasteiger partial charge in [-0.25, -0.2) is 18.1 Å². The van der Waals surface area contributed by atoms with Crippen LogP contribution in [-0.4, -0.2) is 35.3 Å². The van der Waals surface area contributed by atoms with Crippen molar-refractivity contribution in [1.82, 2.24) is 19.7 Å². The Balaban J connectivity index is 1.86. The van der Waals surface area contributed by atoms with Gasteiger partial charge in [0.05, 0.1) is 33.0 Å². The van der Waals surface area contributed by atoms with Crippen LogP contribution in [-0.2, 0) is 9.84 Å². The van der Waals surface area contributed by atoms with Gasteiger partial charge < -0.3 is 9.72 Å². The minimum Gasteiger partial charge on any atom is -0.497 e. The van der Waals surface area contributed by atoms with E-state index in [1.54, 1.807) is 35.3 Å². The lowest BCUT2D eigenvalue weighted by Gasteiger charge is -2.08. The van der Waals surface area contributed by atoms with Gasteiger partial charge in [-0.2, -0.15) is 5.10 Å². The number of fused-ring (bicyclic) bond motifs is 1. The standard InChI is InChI=1S/C17H13ClN4O3S/c1-25-11-4-2-5-12(8-11)26(23,24)16-10-15-14(9-13(16)18)20-17(21-15)22-7-3-6-19-22/h2-10H,1H3,(H,20,21). The Bertz CT molecular complexity index is 1200. The first-order valence-electron chi connectivity index (χ1n) is 7.57. The Morgan fingerprint density at radius 2 is 2.04 bits per heavy atom. The highest BCUT2D eigenvalue weighted by Crippen LogP contribution is 2.32. The summed E-state index contributed by atoms with van der Waals surface area (Å²) in [6.07, 6.45) is 3.35. The second-order valence-corrected chi connectivity index (χ2v) is 7.82. The fourth-order valence-corrected chi connectivity index (χ4v) is 4.44. The van der Waals surface area contributed by atoms with E-state index < -0.39 is 9.84 Å². The van der Waals surface area contributed by atoms with E-state index >= 15 is 0 Å². The minimum atomic E-state index is -3.82. The molecule has 0 radical (unpaired) electrons. The molecule has 0 saturated heterocycles. The zero-order valence-corrected chi connectivity index (χ0v) is 15.1. The van der Waals surface area contributed by atoms with Crippen molar-refractivity contribution < 1.29 is 13.2 Å². The van der Waals surface area contributed by atoms with Crippen molar-refractivity contribution in [3.8, 4) is 11.7 Å². The van der Waals surface area contributed by atoms with Crippen molar-refractivity contribution in [1.29, 1.82) is 0 Å². The molecule has 0 aliphatic rings. The van der Waals surface area contributed by atoms with Crippen LogP contribution >= 0.6 is 11.6 Å². The molecule has 9 heteroatoms. The van der Waals surface area contributed by atoms with Crippen LogP contribution in [0.15, 0.2) is 64.6 Å². The Kier molecular flexibility index (Phi) is 3.93. The van der Waals surface area contributed by atoms with Crippen LogP contribution < -0.4 is 4.74 Å². The van der Waals surface area contributed by atoms with Gasteiger partial charge in [-0.1, -0.05) is 17.7 Å². The summed E-state index contributed by atoms with van der Waals surface area (Å²) in [7, 11) is -2.34. The minimum absolute atomic E-state index is 0.00409. The van der Waals surface area contributed by atoms with E-state index in [2.05, 4.69) is 15.1 Å². The highest BCUT2D eigenvalue weighted by molar-refractivity contribution is 7.91. The van der Waals surface area contributed by atoms with Crippen molar-refractivity contribution >= 4 is 32.5 Å². The molecule has 2 aromatic carbocycles. The van der Waals surface area contributed by atoms with Gasteiger partial charge in [0.15, 0.2) is 0 Å². The van der Waals surface area contributed by atoms with E-state index in [1.165, 1.54) is 31.4 Å². The number of imidazole rings is 1. The summed E-state index contributed by atoms with van der Waals surface area (Å²) in [6.45, 7) is 0. The molecule has 1 N–H and O–H groups in total. The number of ether oxygens (including phenoxy) is 1. The normalized spacial score (nSPS) is 11.8. The summed E-state index contributed by atoms with van der Waals surface area (Å²) < 4.78 is 32.7. The second kappa shape index (κ2) is 6.15. The predicted octanol–water partition coefficient (Wildman–Crippen LogP) is 3.24. The number of aromatic nitrogens is 4. The smallest absolute Gasteiger partial charge is 0.229 e. The van der Waals surface area contributed by atoms with Crippen LogP contribution in [0.2, 0.25) is 5.02 Å². The number of H-pyrrole nitrogens is 1. The molecule has 0 aliphatic carbocycles. The summed E-state index contributed by atoms with van der Waals surface area (Å²) in [5.41, 5.74) is 1.09. The Hall–Kier alpha value is -2.84. The van der Waals surface area contributed by atoms with Crippen molar-refractivity contribution in [2.45, 2.75) is 9.79 Å². The number of hydrogen-bond donors (Lipinski definition) is 1. The lowest BCUT2D eigenvalue weighted by atomic mass is 10.3. The average Bonchev–Trinajstić information content (AvgIpc) is 3.30. The Labute approximate surface area is 154 Å². The number of aromatic amines is 1. The van der Waals surface area contributed by atoms with Crippen LogP contribution in [0.5, 0.6) is 5.75 Å². The average molecular weight is 389 g/mol. The fraction of sp³-hybridized carbons (Fsp3) is 0.0588. The molecule has 26 heavy (non-hydrogen) atoms. The summed E-state index contributed by atoms with van der Waals surface area (Å²) >= 11 is 6.26. The topological polar surface area (TPSA) is 89.9 Å². The van der Waals surface area contributed by atoms with E-state index in [0.29, 0.717) is 22.7 Å². The van der Waals surface area contributed by atoms with Crippen LogP contribution in [0.1, 0.15) is 0 Å². The number of sulfone groups is 1. The van der Waals surface area contributed by atoms with E-state index in [-0.39, 0.29) is 14.8 Å². The van der Waals surface area contributed by atoms with Gasteiger partial charge in [0.2, 0.25) is 15.8 Å². The van der Waals surface area contributed by atoms with E-state index in [1.807, 2.05) is 0 Å². The summed E-state index contributed by atoms with van der Waals surface area (Å²) in [4.78, 5) is 7.54. The quantitative estimate of drug-likeness (QED) is 0.579. The maximum Gasteiger partial charge on any atom is 0.229 e. The van der Waals surface area contributed by atoms with Gasteiger partial charge >= 0.3 is 0 Å². The van der Waals surface area contributed by atoms with Crippen molar-refractivity contribution in [2.75, 3.05) is 7.11 Å². The second-order valence-electron chi connectivity index (χ2n) is 5.49. The van der Waals surface area contributed by atoms with Gasteiger partial charge in [0, 0.05) is 12.4 Å². The number of halogens is 1. The largest absolute Gasteiger partial charge is 0.497 e. The van der Waals surface area contributed by atoms with Crippen LogP contribution in [0, 0.1) is 0 Å². The molecule has 0 unspecified atom stereocenters. The molecule has 4 rings (SSSR count). The van der Waals surface area contributed by atoms with Crippen LogP contribution in [0.4, 0.5) is 0 Å². The maximum absolute atomic E-state index is 13.0. The number of hydrogen-bond acceptors (Lipinski definition) is 5. The van der Waals surface area contributed by atoms with Crippen LogP contribution in [0.25, 0.3) is 17.0 Å². The van der Waals surface area contributed by atoms with E-state index in [4.69, 9.17) is 16.3 Å². The van der Waals surface area contributed by atoms with Gasteiger partial charge in [-0.15, -0.1) is 0 Å². The molecule has 2 aromatic heterocycles. The number of nitrogens with zero attached hydrogens (tertiary/aromatic N) is 3. The zero-order valence-electron chi connectivity index (χ0n) is 13.5. The highest BCUT2D eigenvalue weighted by Gasteiger charge is 2.23. The first-order chi connectivity index (χ1) is 12.5. The third kappa shape index (κ3) is 2.73. The molecule has 0 atom stereocenters. The molecule has 0 saturated carbocycles. The maximum atomic E-state index is 13.0. The SMILES string of the molecule is COc1cccc(S(=O)(=O)c2cc3[nH]c(-n4cccn4)nc3cc2Cl)c1. The van der Waals surface area contributed by atoms with Gasteiger partial charge in [0.1, 0.15) is 5.75 Å². The molecule has 132 valence electrons. The number of benzene rings is 2. The molecule has 0 amide bonds. The lowest BCUT2D eigenvalue weighted by Crippen LogP contribution is -2.03. The van der Waals surface area contributed by atoms with Gasteiger partial charge in [0.25, 0.3) is 0 Å². The van der Waals surface area contributed by atoms with Gasteiger partial charge in [-0.05, 0) is 36.4 Å². The first-order valence-corrected chi connectivity index (χ1v) is 9.43. The van der Waals surface area contributed by atoms with Gasteiger partial charge in [-0.3, -0.25) is 0 Å². The summed E-state index contributed by atoms with van der Waals surface area (Å²) in [5, 5.41) is 4.20.